The van der Waals surface area contributed by atoms with E-state index in [1.807, 2.05) is 79.7 Å². The Morgan fingerprint density at radius 3 is 2.04 bits per heavy atom. The van der Waals surface area contributed by atoms with Crippen LogP contribution in [0.3, 0.4) is 0 Å². The molecule has 0 aliphatic carbocycles. The van der Waals surface area contributed by atoms with Crippen molar-refractivity contribution >= 4 is 58.5 Å². The van der Waals surface area contributed by atoms with Gasteiger partial charge in [0.05, 0.1) is 0 Å². The quantitative estimate of drug-likeness (QED) is 0.106. The number of rotatable bonds is 10. The molecule has 0 heterocycles. The summed E-state index contributed by atoms with van der Waals surface area (Å²) in [5.41, 5.74) is 4.29. The number of carbonyl (C=O) groups is 3. The van der Waals surface area contributed by atoms with Crippen LogP contribution in [0.25, 0.3) is 6.08 Å². The van der Waals surface area contributed by atoms with Crippen molar-refractivity contribution in [2.75, 3.05) is 10.6 Å². The van der Waals surface area contributed by atoms with E-state index in [4.69, 9.17) is 11.6 Å². The fraction of sp³-hybridized carbons (Fsp3) is 0.0541. The highest BCUT2D eigenvalue weighted by Crippen LogP contribution is 2.37. The van der Waals surface area contributed by atoms with Crippen molar-refractivity contribution in [1.82, 2.24) is 5.32 Å². The summed E-state index contributed by atoms with van der Waals surface area (Å²) in [6.45, 7) is 1.97. The zero-order chi connectivity index (χ0) is 31.6. The zero-order valence-electron chi connectivity index (χ0n) is 24.4. The van der Waals surface area contributed by atoms with E-state index in [0.29, 0.717) is 21.8 Å². The second-order valence-corrected chi connectivity index (χ2v) is 11.8. The number of carbonyl (C=O) groups excluding carboxylic acids is 3. The van der Waals surface area contributed by atoms with Crippen LogP contribution < -0.4 is 16.0 Å². The Morgan fingerprint density at radius 2 is 1.36 bits per heavy atom. The van der Waals surface area contributed by atoms with E-state index in [9.17, 15) is 14.4 Å². The van der Waals surface area contributed by atoms with Gasteiger partial charge in [0.1, 0.15) is 10.9 Å². The van der Waals surface area contributed by atoms with E-state index in [-0.39, 0.29) is 11.6 Å². The maximum atomic E-state index is 13.6. The first kappa shape index (κ1) is 31.3. The number of benzene rings is 5. The van der Waals surface area contributed by atoms with Crippen molar-refractivity contribution in [2.45, 2.75) is 17.1 Å². The van der Waals surface area contributed by atoms with Gasteiger partial charge in [-0.3, -0.25) is 14.4 Å². The fourth-order valence-corrected chi connectivity index (χ4v) is 5.69. The normalized spacial score (nSPS) is 11.7. The van der Waals surface area contributed by atoms with Gasteiger partial charge in [0.2, 0.25) is 5.91 Å². The SMILES string of the molecule is Cc1cccc(NC(=O)C(Sc2cccc(NC(=O)/C(=C/c3ccc(Cl)cc3)NC(=O)c3ccccc3)c2)c2ccccc2)c1. The Hall–Kier alpha value is -5.11. The van der Waals surface area contributed by atoms with Crippen LogP contribution in [0, 0.1) is 6.92 Å². The number of anilines is 2. The zero-order valence-corrected chi connectivity index (χ0v) is 25.9. The van der Waals surface area contributed by atoms with Crippen LogP contribution in [0.1, 0.15) is 32.3 Å². The Balaban J connectivity index is 1.37. The van der Waals surface area contributed by atoms with Crippen molar-refractivity contribution in [3.05, 3.63) is 166 Å². The molecular weight excluding hydrogens is 602 g/mol. The molecule has 0 aromatic heterocycles. The minimum atomic E-state index is -0.553. The highest BCUT2D eigenvalue weighted by atomic mass is 35.5. The predicted octanol–water partition coefficient (Wildman–Crippen LogP) is 8.53. The summed E-state index contributed by atoms with van der Waals surface area (Å²) in [7, 11) is 0. The molecule has 0 radical (unpaired) electrons. The number of thioether (sulfide) groups is 1. The monoisotopic (exact) mass is 631 g/mol. The third kappa shape index (κ3) is 8.95. The molecule has 3 N–H and O–H groups in total. The van der Waals surface area contributed by atoms with Gasteiger partial charge in [-0.2, -0.15) is 0 Å². The average molecular weight is 632 g/mol. The number of halogens is 1. The molecule has 8 heteroatoms. The van der Waals surface area contributed by atoms with E-state index < -0.39 is 17.1 Å². The lowest BCUT2D eigenvalue weighted by Gasteiger charge is -2.18. The molecular formula is C37H30ClN3O3S. The molecule has 1 atom stereocenters. The van der Waals surface area contributed by atoms with E-state index in [2.05, 4.69) is 16.0 Å². The molecule has 0 spiro atoms. The van der Waals surface area contributed by atoms with Gasteiger partial charge in [0, 0.05) is 26.9 Å². The second-order valence-electron chi connectivity index (χ2n) is 10.2. The molecule has 3 amide bonds. The number of amides is 3. The second kappa shape index (κ2) is 15.1. The standard InChI is InChI=1S/C37H30ClN3O3S/c1-25-10-8-15-30(22-25)40-37(44)34(27-11-4-2-5-12-27)45-32-17-9-16-31(24-32)39-36(43)33(23-26-18-20-29(38)21-19-26)41-35(42)28-13-6-3-7-14-28/h2-24,34H,1H3,(H,39,43)(H,40,44)(H,41,42)/b33-23-. The van der Waals surface area contributed by atoms with Crippen LogP contribution in [-0.4, -0.2) is 17.7 Å². The number of hydrogen-bond donors (Lipinski definition) is 3. The summed E-state index contributed by atoms with van der Waals surface area (Å²) >= 11 is 7.42. The van der Waals surface area contributed by atoms with Crippen LogP contribution in [0.5, 0.6) is 0 Å². The largest absolute Gasteiger partial charge is 0.325 e. The summed E-state index contributed by atoms with van der Waals surface area (Å²) in [5, 5.41) is 8.68. The van der Waals surface area contributed by atoms with E-state index >= 15 is 0 Å². The maximum absolute atomic E-state index is 13.6. The van der Waals surface area contributed by atoms with Crippen LogP contribution >= 0.6 is 23.4 Å². The topological polar surface area (TPSA) is 87.3 Å². The molecule has 6 nitrogen and oxygen atoms in total. The van der Waals surface area contributed by atoms with Crippen LogP contribution in [-0.2, 0) is 9.59 Å². The molecule has 0 bridgehead atoms. The third-order valence-corrected chi connectivity index (χ3v) is 8.18. The maximum Gasteiger partial charge on any atom is 0.272 e. The first-order valence-corrected chi connectivity index (χ1v) is 15.4. The van der Waals surface area contributed by atoms with Crippen molar-refractivity contribution in [3.63, 3.8) is 0 Å². The van der Waals surface area contributed by atoms with E-state index in [1.165, 1.54) is 11.8 Å². The Bertz CT molecular complexity index is 1830. The Labute approximate surface area is 271 Å². The molecule has 1 unspecified atom stereocenters. The Kier molecular flexibility index (Phi) is 10.5. The van der Waals surface area contributed by atoms with Gasteiger partial charge in [-0.15, -0.1) is 11.8 Å². The van der Waals surface area contributed by atoms with Gasteiger partial charge in [0.15, 0.2) is 0 Å². The van der Waals surface area contributed by atoms with Crippen molar-refractivity contribution in [1.29, 1.82) is 0 Å². The van der Waals surface area contributed by atoms with Crippen molar-refractivity contribution in [2.24, 2.45) is 0 Å². The summed E-state index contributed by atoms with van der Waals surface area (Å²) in [6.07, 6.45) is 1.59. The molecule has 0 aliphatic rings. The van der Waals surface area contributed by atoms with Crippen LogP contribution in [0.2, 0.25) is 5.02 Å². The molecule has 0 saturated heterocycles. The van der Waals surface area contributed by atoms with Gasteiger partial charge in [0.25, 0.3) is 11.8 Å². The first-order valence-electron chi connectivity index (χ1n) is 14.2. The molecule has 5 aromatic rings. The Morgan fingerprint density at radius 1 is 0.711 bits per heavy atom. The minimum Gasteiger partial charge on any atom is -0.325 e. The summed E-state index contributed by atoms with van der Waals surface area (Å²) < 4.78 is 0. The van der Waals surface area contributed by atoms with Gasteiger partial charge in [-0.25, -0.2) is 0 Å². The molecule has 5 aromatic carbocycles. The lowest BCUT2D eigenvalue weighted by atomic mass is 10.1. The lowest BCUT2D eigenvalue weighted by Crippen LogP contribution is -2.30. The summed E-state index contributed by atoms with van der Waals surface area (Å²) in [4.78, 5) is 40.9. The highest BCUT2D eigenvalue weighted by Gasteiger charge is 2.23. The van der Waals surface area contributed by atoms with Gasteiger partial charge in [-0.1, -0.05) is 90.5 Å². The summed E-state index contributed by atoms with van der Waals surface area (Å²) in [5.74, 6) is -1.09. The number of nitrogens with one attached hydrogen (secondary N) is 3. The molecule has 45 heavy (non-hydrogen) atoms. The van der Waals surface area contributed by atoms with Gasteiger partial charge < -0.3 is 16.0 Å². The minimum absolute atomic E-state index is 0.0592. The third-order valence-electron chi connectivity index (χ3n) is 6.68. The fourth-order valence-electron chi connectivity index (χ4n) is 4.48. The van der Waals surface area contributed by atoms with Crippen LogP contribution in [0.4, 0.5) is 11.4 Å². The average Bonchev–Trinajstić information content (AvgIpc) is 3.05. The van der Waals surface area contributed by atoms with E-state index in [0.717, 1.165) is 21.7 Å². The number of hydrogen-bond acceptors (Lipinski definition) is 4. The van der Waals surface area contributed by atoms with Crippen molar-refractivity contribution in [3.8, 4) is 0 Å². The van der Waals surface area contributed by atoms with Gasteiger partial charge >= 0.3 is 0 Å². The number of aryl methyl sites for hydroxylation is 1. The summed E-state index contributed by atoms with van der Waals surface area (Å²) in [6, 6.07) is 40.1. The molecule has 0 saturated carbocycles. The van der Waals surface area contributed by atoms with E-state index in [1.54, 1.807) is 66.7 Å². The van der Waals surface area contributed by atoms with Gasteiger partial charge in [-0.05, 0) is 84.3 Å². The molecule has 0 fully saturated rings. The predicted molar refractivity (Wildman–Crippen MR) is 183 cm³/mol. The molecule has 0 aliphatic heterocycles. The first-order chi connectivity index (χ1) is 21.8. The lowest BCUT2D eigenvalue weighted by molar-refractivity contribution is -0.116. The smallest absolute Gasteiger partial charge is 0.272 e. The van der Waals surface area contributed by atoms with Crippen LogP contribution in [0.15, 0.2) is 144 Å². The molecule has 5 rings (SSSR count). The highest BCUT2D eigenvalue weighted by molar-refractivity contribution is 8.00. The molecule has 224 valence electrons. The van der Waals surface area contributed by atoms with Crippen molar-refractivity contribution < 1.29 is 14.4 Å².